The third-order valence-corrected chi connectivity index (χ3v) is 5.17. The van der Waals surface area contributed by atoms with E-state index in [-0.39, 0.29) is 11.8 Å². The SMILES string of the molecule is CSCCC(NC(=O)c1ccccc1Cl)C(=O)Nc1cccc(-c2cnco2)c1. The van der Waals surface area contributed by atoms with Gasteiger partial charge in [-0.15, -0.1) is 0 Å². The van der Waals surface area contributed by atoms with Crippen molar-refractivity contribution in [3.63, 3.8) is 0 Å². The zero-order chi connectivity index (χ0) is 20.6. The molecule has 6 nitrogen and oxygen atoms in total. The molecule has 0 spiro atoms. The van der Waals surface area contributed by atoms with Gasteiger partial charge in [0.15, 0.2) is 12.2 Å². The molecule has 0 radical (unpaired) electrons. The van der Waals surface area contributed by atoms with Crippen LogP contribution in [0.5, 0.6) is 0 Å². The first-order valence-electron chi connectivity index (χ1n) is 8.92. The number of oxazole rings is 1. The van der Waals surface area contributed by atoms with Gasteiger partial charge in [-0.3, -0.25) is 9.59 Å². The zero-order valence-electron chi connectivity index (χ0n) is 15.7. The number of thioether (sulfide) groups is 1. The minimum Gasteiger partial charge on any atom is -0.444 e. The van der Waals surface area contributed by atoms with Gasteiger partial charge in [0.2, 0.25) is 5.91 Å². The van der Waals surface area contributed by atoms with E-state index in [0.717, 1.165) is 11.3 Å². The Morgan fingerprint density at radius 2 is 2.03 bits per heavy atom. The maximum atomic E-state index is 12.9. The summed E-state index contributed by atoms with van der Waals surface area (Å²) in [6, 6.07) is 13.3. The summed E-state index contributed by atoms with van der Waals surface area (Å²) in [6.45, 7) is 0. The predicted molar refractivity (Wildman–Crippen MR) is 116 cm³/mol. The second kappa shape index (κ2) is 10.1. The maximum absolute atomic E-state index is 12.9. The largest absolute Gasteiger partial charge is 0.444 e. The van der Waals surface area contributed by atoms with E-state index >= 15 is 0 Å². The normalized spacial score (nSPS) is 11.7. The fourth-order valence-corrected chi connectivity index (χ4v) is 3.42. The molecule has 0 aliphatic rings. The van der Waals surface area contributed by atoms with Gasteiger partial charge in [-0.25, -0.2) is 4.98 Å². The highest BCUT2D eigenvalue weighted by molar-refractivity contribution is 7.98. The first-order valence-corrected chi connectivity index (χ1v) is 10.7. The number of anilines is 1. The summed E-state index contributed by atoms with van der Waals surface area (Å²) in [6.07, 6.45) is 5.39. The minimum atomic E-state index is -0.694. The second-order valence-electron chi connectivity index (χ2n) is 6.22. The van der Waals surface area contributed by atoms with Crippen molar-refractivity contribution in [1.29, 1.82) is 0 Å². The maximum Gasteiger partial charge on any atom is 0.253 e. The van der Waals surface area contributed by atoms with Crippen LogP contribution < -0.4 is 10.6 Å². The molecule has 2 N–H and O–H groups in total. The van der Waals surface area contributed by atoms with E-state index in [1.165, 1.54) is 6.39 Å². The highest BCUT2D eigenvalue weighted by atomic mass is 35.5. The Labute approximate surface area is 178 Å². The molecule has 8 heteroatoms. The monoisotopic (exact) mass is 429 g/mol. The molecule has 2 aromatic carbocycles. The standard InChI is InChI=1S/C21H20ClN3O3S/c1-29-10-9-18(25-20(26)16-7-2-3-8-17(16)22)21(27)24-15-6-4-5-14(11-15)19-12-23-13-28-19/h2-8,11-13,18H,9-10H2,1H3,(H,24,27)(H,25,26). The van der Waals surface area contributed by atoms with Crippen LogP contribution in [-0.4, -0.2) is 34.8 Å². The van der Waals surface area contributed by atoms with E-state index in [1.54, 1.807) is 54.4 Å². The minimum absolute atomic E-state index is 0.297. The number of nitrogens with one attached hydrogen (secondary N) is 2. The smallest absolute Gasteiger partial charge is 0.253 e. The molecule has 1 atom stereocenters. The number of carbonyl (C=O) groups excluding carboxylic acids is 2. The molecular formula is C21H20ClN3O3S. The second-order valence-corrected chi connectivity index (χ2v) is 7.62. The van der Waals surface area contributed by atoms with Crippen LogP contribution in [0.4, 0.5) is 5.69 Å². The molecule has 0 fully saturated rings. The lowest BCUT2D eigenvalue weighted by Gasteiger charge is -2.19. The number of nitrogens with zero attached hydrogens (tertiary/aromatic N) is 1. The number of benzene rings is 2. The van der Waals surface area contributed by atoms with Crippen molar-refractivity contribution in [1.82, 2.24) is 10.3 Å². The van der Waals surface area contributed by atoms with E-state index in [9.17, 15) is 9.59 Å². The van der Waals surface area contributed by atoms with Crippen molar-refractivity contribution >= 4 is 40.9 Å². The lowest BCUT2D eigenvalue weighted by atomic mass is 10.1. The quantitative estimate of drug-likeness (QED) is 0.551. The lowest BCUT2D eigenvalue weighted by Crippen LogP contribution is -2.44. The molecule has 1 unspecified atom stereocenters. The molecule has 0 saturated heterocycles. The van der Waals surface area contributed by atoms with Crippen molar-refractivity contribution in [3.8, 4) is 11.3 Å². The number of hydrogen-bond acceptors (Lipinski definition) is 5. The van der Waals surface area contributed by atoms with Crippen molar-refractivity contribution in [2.75, 3.05) is 17.3 Å². The Balaban J connectivity index is 1.73. The van der Waals surface area contributed by atoms with Crippen LogP contribution in [0.15, 0.2) is 65.5 Å². The number of aromatic nitrogens is 1. The zero-order valence-corrected chi connectivity index (χ0v) is 17.3. The molecular weight excluding hydrogens is 410 g/mol. The van der Waals surface area contributed by atoms with Crippen molar-refractivity contribution < 1.29 is 14.0 Å². The van der Waals surface area contributed by atoms with Crippen LogP contribution in [-0.2, 0) is 4.79 Å². The topological polar surface area (TPSA) is 84.2 Å². The summed E-state index contributed by atoms with van der Waals surface area (Å²) in [5.74, 6) is 0.646. The number of amides is 2. The van der Waals surface area contributed by atoms with Crippen LogP contribution >= 0.6 is 23.4 Å². The summed E-state index contributed by atoms with van der Waals surface area (Å²) < 4.78 is 5.30. The molecule has 3 aromatic rings. The van der Waals surface area contributed by atoms with Gasteiger partial charge in [0.25, 0.3) is 5.91 Å². The molecule has 0 saturated carbocycles. The fraction of sp³-hybridized carbons (Fsp3) is 0.190. The molecule has 2 amide bonds. The van der Waals surface area contributed by atoms with Crippen LogP contribution in [0.25, 0.3) is 11.3 Å². The van der Waals surface area contributed by atoms with Crippen molar-refractivity contribution in [2.24, 2.45) is 0 Å². The van der Waals surface area contributed by atoms with Gasteiger partial charge < -0.3 is 15.1 Å². The number of hydrogen-bond donors (Lipinski definition) is 2. The van der Waals surface area contributed by atoms with E-state index in [0.29, 0.717) is 28.5 Å². The number of rotatable bonds is 8. The van der Waals surface area contributed by atoms with Gasteiger partial charge in [-0.2, -0.15) is 11.8 Å². The van der Waals surface area contributed by atoms with Gasteiger partial charge in [-0.1, -0.05) is 35.9 Å². The Bertz CT molecular complexity index is 979. The predicted octanol–water partition coefficient (Wildman–Crippen LogP) is 4.49. The fourth-order valence-electron chi connectivity index (χ4n) is 2.72. The van der Waals surface area contributed by atoms with E-state index in [4.69, 9.17) is 16.0 Å². The molecule has 1 heterocycles. The van der Waals surface area contributed by atoms with Crippen molar-refractivity contribution in [2.45, 2.75) is 12.5 Å². The van der Waals surface area contributed by atoms with E-state index < -0.39 is 6.04 Å². The van der Waals surface area contributed by atoms with Crippen LogP contribution in [0.2, 0.25) is 5.02 Å². The Morgan fingerprint density at radius 3 is 2.76 bits per heavy atom. The van der Waals surface area contributed by atoms with Gasteiger partial charge in [0, 0.05) is 11.3 Å². The van der Waals surface area contributed by atoms with E-state index in [2.05, 4.69) is 15.6 Å². The first kappa shape index (κ1) is 21.0. The average molecular weight is 430 g/mol. The summed E-state index contributed by atoms with van der Waals surface area (Å²) in [4.78, 5) is 29.4. The third-order valence-electron chi connectivity index (χ3n) is 4.20. The highest BCUT2D eigenvalue weighted by Gasteiger charge is 2.22. The van der Waals surface area contributed by atoms with Gasteiger partial charge in [0.05, 0.1) is 16.8 Å². The first-order chi connectivity index (χ1) is 14.1. The van der Waals surface area contributed by atoms with Crippen LogP contribution in [0.1, 0.15) is 16.8 Å². The van der Waals surface area contributed by atoms with Crippen LogP contribution in [0.3, 0.4) is 0 Å². The Kier molecular flexibility index (Phi) is 7.32. The Morgan fingerprint density at radius 1 is 1.21 bits per heavy atom. The van der Waals surface area contributed by atoms with E-state index in [1.807, 2.05) is 18.4 Å². The van der Waals surface area contributed by atoms with Gasteiger partial charge >= 0.3 is 0 Å². The molecule has 0 aliphatic carbocycles. The van der Waals surface area contributed by atoms with Gasteiger partial charge in [-0.05, 0) is 42.7 Å². The van der Waals surface area contributed by atoms with Gasteiger partial charge in [0.1, 0.15) is 6.04 Å². The molecule has 1 aromatic heterocycles. The summed E-state index contributed by atoms with van der Waals surface area (Å²) >= 11 is 7.71. The molecule has 29 heavy (non-hydrogen) atoms. The number of carbonyl (C=O) groups is 2. The number of halogens is 1. The van der Waals surface area contributed by atoms with Crippen molar-refractivity contribution in [3.05, 3.63) is 71.7 Å². The highest BCUT2D eigenvalue weighted by Crippen LogP contribution is 2.22. The summed E-state index contributed by atoms with van der Waals surface area (Å²) in [5, 5.41) is 6.00. The molecule has 0 aliphatic heterocycles. The Hall–Kier alpha value is -2.77. The third kappa shape index (κ3) is 5.62. The van der Waals surface area contributed by atoms with Crippen LogP contribution in [0, 0.1) is 0 Å². The summed E-state index contributed by atoms with van der Waals surface area (Å²) in [7, 11) is 0. The molecule has 150 valence electrons. The summed E-state index contributed by atoms with van der Waals surface area (Å²) in [5.41, 5.74) is 1.73. The molecule has 3 rings (SSSR count). The lowest BCUT2D eigenvalue weighted by molar-refractivity contribution is -0.118. The molecule has 0 bridgehead atoms. The average Bonchev–Trinajstić information content (AvgIpc) is 3.26.